The lowest BCUT2D eigenvalue weighted by Crippen LogP contribution is -2.42. The van der Waals surface area contributed by atoms with E-state index in [1.807, 2.05) is 0 Å². The van der Waals surface area contributed by atoms with Gasteiger partial charge >= 0.3 is 0 Å². The minimum Gasteiger partial charge on any atom is -0.389 e. The normalized spacial score (nSPS) is 31.8. The highest BCUT2D eigenvalue weighted by atomic mass is 16.3. The molecule has 1 N–H and O–H groups in total. The van der Waals surface area contributed by atoms with Gasteiger partial charge in [-0.05, 0) is 37.7 Å². The number of rotatable bonds is 4. The Balaban J connectivity index is 1.70. The summed E-state index contributed by atoms with van der Waals surface area (Å²) < 4.78 is 2.15. The average molecular weight is 276 g/mol. The predicted molar refractivity (Wildman–Crippen MR) is 80.6 cm³/mol. The van der Waals surface area contributed by atoms with E-state index in [1.165, 1.54) is 38.5 Å². The van der Waals surface area contributed by atoms with Crippen molar-refractivity contribution in [1.82, 2.24) is 9.78 Å². The molecule has 1 heterocycles. The molecule has 0 spiro atoms. The summed E-state index contributed by atoms with van der Waals surface area (Å²) in [6.45, 7) is 2.21. The van der Waals surface area contributed by atoms with Crippen LogP contribution in [0.4, 0.5) is 0 Å². The monoisotopic (exact) mass is 276 g/mol. The third-order valence-electron chi connectivity index (χ3n) is 5.51. The molecule has 2 aliphatic rings. The largest absolute Gasteiger partial charge is 0.389 e. The molecule has 0 aromatic carbocycles. The lowest BCUT2D eigenvalue weighted by Gasteiger charge is -2.39. The van der Waals surface area contributed by atoms with Crippen molar-refractivity contribution < 1.29 is 5.11 Å². The number of hydrogen-bond acceptors (Lipinski definition) is 2. The lowest BCUT2D eigenvalue weighted by molar-refractivity contribution is -0.0499. The van der Waals surface area contributed by atoms with E-state index in [0.717, 1.165) is 31.4 Å². The quantitative estimate of drug-likeness (QED) is 0.906. The van der Waals surface area contributed by atoms with Gasteiger partial charge in [0.25, 0.3) is 0 Å². The molecule has 0 bridgehead atoms. The maximum atomic E-state index is 11.0. The van der Waals surface area contributed by atoms with Crippen molar-refractivity contribution in [2.75, 3.05) is 0 Å². The van der Waals surface area contributed by atoms with Crippen LogP contribution in [0.3, 0.4) is 0 Å². The maximum Gasteiger partial charge on any atom is 0.0731 e. The van der Waals surface area contributed by atoms with Crippen molar-refractivity contribution in [2.24, 2.45) is 5.92 Å². The first-order valence-corrected chi connectivity index (χ1v) is 8.48. The van der Waals surface area contributed by atoms with E-state index in [2.05, 4.69) is 23.9 Å². The van der Waals surface area contributed by atoms with Crippen molar-refractivity contribution in [1.29, 1.82) is 0 Å². The molecule has 1 aromatic rings. The van der Waals surface area contributed by atoms with Gasteiger partial charge in [0.15, 0.2) is 0 Å². The van der Waals surface area contributed by atoms with Gasteiger partial charge in [-0.15, -0.1) is 0 Å². The summed E-state index contributed by atoms with van der Waals surface area (Å²) in [4.78, 5) is 0. The Bertz CT molecular complexity index is 436. The van der Waals surface area contributed by atoms with Crippen molar-refractivity contribution in [2.45, 2.75) is 82.8 Å². The van der Waals surface area contributed by atoms with Gasteiger partial charge in [-0.2, -0.15) is 5.10 Å². The minimum absolute atomic E-state index is 0.452. The molecule has 2 aliphatic carbocycles. The van der Waals surface area contributed by atoms with E-state index < -0.39 is 5.60 Å². The molecule has 1 aromatic heterocycles. The van der Waals surface area contributed by atoms with Crippen molar-refractivity contribution in [3.05, 3.63) is 18.0 Å². The van der Waals surface area contributed by atoms with Gasteiger partial charge in [-0.1, -0.05) is 39.0 Å². The second-order valence-corrected chi connectivity index (χ2v) is 6.86. The lowest BCUT2D eigenvalue weighted by atomic mass is 9.72. The number of aromatic nitrogens is 2. The number of aliphatic hydroxyl groups is 1. The SMILES string of the molecule is CCC1CCCCC1(O)Cc1ccn(C2CCCC2)n1. The summed E-state index contributed by atoms with van der Waals surface area (Å²) in [6, 6.07) is 2.73. The van der Waals surface area contributed by atoms with E-state index in [0.29, 0.717) is 12.0 Å². The van der Waals surface area contributed by atoms with Crippen LogP contribution < -0.4 is 0 Å². The van der Waals surface area contributed by atoms with Crippen LogP contribution in [-0.4, -0.2) is 20.5 Å². The molecule has 0 saturated heterocycles. The van der Waals surface area contributed by atoms with Gasteiger partial charge in [-0.3, -0.25) is 4.68 Å². The fourth-order valence-corrected chi connectivity index (χ4v) is 4.27. The van der Waals surface area contributed by atoms with Crippen LogP contribution >= 0.6 is 0 Å². The molecule has 2 fully saturated rings. The van der Waals surface area contributed by atoms with Crippen LogP contribution in [0.1, 0.15) is 76.4 Å². The van der Waals surface area contributed by atoms with Gasteiger partial charge in [0.1, 0.15) is 0 Å². The third-order valence-corrected chi connectivity index (χ3v) is 5.51. The van der Waals surface area contributed by atoms with Gasteiger partial charge in [0.2, 0.25) is 0 Å². The molecule has 0 radical (unpaired) electrons. The Morgan fingerprint density at radius 2 is 2.00 bits per heavy atom. The summed E-state index contributed by atoms with van der Waals surface area (Å²) in [7, 11) is 0. The molecule has 20 heavy (non-hydrogen) atoms. The highest BCUT2D eigenvalue weighted by Crippen LogP contribution is 2.38. The van der Waals surface area contributed by atoms with E-state index in [4.69, 9.17) is 5.10 Å². The van der Waals surface area contributed by atoms with Gasteiger partial charge < -0.3 is 5.11 Å². The zero-order valence-electron chi connectivity index (χ0n) is 12.7. The Labute approximate surface area is 122 Å². The Morgan fingerprint density at radius 1 is 1.25 bits per heavy atom. The highest BCUT2D eigenvalue weighted by Gasteiger charge is 2.38. The van der Waals surface area contributed by atoms with Crippen LogP contribution in [0.15, 0.2) is 12.3 Å². The van der Waals surface area contributed by atoms with Crippen molar-refractivity contribution in [3.8, 4) is 0 Å². The smallest absolute Gasteiger partial charge is 0.0731 e. The topological polar surface area (TPSA) is 38.0 Å². The molecule has 0 aliphatic heterocycles. The van der Waals surface area contributed by atoms with E-state index in [9.17, 15) is 5.11 Å². The Kier molecular flexibility index (Phi) is 4.16. The molecular weight excluding hydrogens is 248 g/mol. The van der Waals surface area contributed by atoms with Gasteiger partial charge in [-0.25, -0.2) is 0 Å². The zero-order chi connectivity index (χ0) is 14.0. The Morgan fingerprint density at radius 3 is 2.75 bits per heavy atom. The zero-order valence-corrected chi connectivity index (χ0v) is 12.7. The summed E-state index contributed by atoms with van der Waals surface area (Å²) >= 11 is 0. The molecular formula is C17H28N2O. The van der Waals surface area contributed by atoms with Crippen molar-refractivity contribution in [3.63, 3.8) is 0 Å². The van der Waals surface area contributed by atoms with Crippen LogP contribution in [0.25, 0.3) is 0 Å². The van der Waals surface area contributed by atoms with Gasteiger partial charge in [0, 0.05) is 12.6 Å². The summed E-state index contributed by atoms with van der Waals surface area (Å²) in [5.41, 5.74) is 0.571. The predicted octanol–water partition coefficient (Wildman–Crippen LogP) is 3.87. The average Bonchev–Trinajstić information content (AvgIpc) is 3.09. The fourth-order valence-electron chi connectivity index (χ4n) is 4.27. The standard InChI is InChI=1S/C17H28N2O/c1-2-14-7-5-6-11-17(14,20)13-15-10-12-19(18-15)16-8-3-4-9-16/h10,12,14,16,20H,2-9,11,13H2,1H3. The second kappa shape index (κ2) is 5.88. The second-order valence-electron chi connectivity index (χ2n) is 6.86. The highest BCUT2D eigenvalue weighted by molar-refractivity contribution is 5.07. The summed E-state index contributed by atoms with van der Waals surface area (Å²) in [5.74, 6) is 0.452. The molecule has 2 saturated carbocycles. The molecule has 2 atom stereocenters. The maximum absolute atomic E-state index is 11.0. The first kappa shape index (κ1) is 14.1. The fraction of sp³-hybridized carbons (Fsp3) is 0.824. The third kappa shape index (κ3) is 2.78. The Hall–Kier alpha value is -0.830. The first-order valence-electron chi connectivity index (χ1n) is 8.48. The summed E-state index contributed by atoms with van der Waals surface area (Å²) in [5, 5.41) is 15.8. The van der Waals surface area contributed by atoms with Crippen LogP contribution in [0.2, 0.25) is 0 Å². The minimum atomic E-state index is -0.512. The van der Waals surface area contributed by atoms with Crippen molar-refractivity contribution >= 4 is 0 Å². The molecule has 3 rings (SSSR count). The van der Waals surface area contributed by atoms with Gasteiger partial charge in [0.05, 0.1) is 17.3 Å². The number of nitrogens with zero attached hydrogens (tertiary/aromatic N) is 2. The number of hydrogen-bond donors (Lipinski definition) is 1. The molecule has 2 unspecified atom stereocenters. The van der Waals surface area contributed by atoms with Crippen LogP contribution in [0, 0.1) is 5.92 Å². The van der Waals surface area contributed by atoms with E-state index in [-0.39, 0.29) is 0 Å². The first-order chi connectivity index (χ1) is 9.71. The van der Waals surface area contributed by atoms with Crippen LogP contribution in [0.5, 0.6) is 0 Å². The van der Waals surface area contributed by atoms with Crippen LogP contribution in [-0.2, 0) is 6.42 Å². The van der Waals surface area contributed by atoms with E-state index >= 15 is 0 Å². The summed E-state index contributed by atoms with van der Waals surface area (Å²) in [6.07, 6.45) is 13.7. The van der Waals surface area contributed by atoms with E-state index in [1.54, 1.807) is 0 Å². The molecule has 0 amide bonds. The molecule has 3 nitrogen and oxygen atoms in total. The molecule has 112 valence electrons. The molecule has 3 heteroatoms.